The molecule has 0 aliphatic carbocycles. The van der Waals surface area contributed by atoms with Crippen LogP contribution in [0.4, 0.5) is 0 Å². The second-order valence-electron chi connectivity index (χ2n) is 7.72. The van der Waals surface area contributed by atoms with Crippen molar-refractivity contribution >= 4 is 16.0 Å². The number of aryl methyl sites for hydroxylation is 1. The number of nitrogens with zero attached hydrogens (tertiary/aromatic N) is 2. The molecule has 0 spiro atoms. The molecule has 3 rings (SSSR count). The molecule has 2 fully saturated rings. The van der Waals surface area contributed by atoms with Crippen molar-refractivity contribution in [2.45, 2.75) is 49.6 Å². The Hall–Kier alpha value is -1.68. The molecule has 0 unspecified atom stereocenters. The van der Waals surface area contributed by atoms with Crippen LogP contribution in [-0.4, -0.2) is 75.6 Å². The van der Waals surface area contributed by atoms with Gasteiger partial charge in [0, 0.05) is 26.2 Å². The molecule has 2 aliphatic heterocycles. The summed E-state index contributed by atoms with van der Waals surface area (Å²) in [6.45, 7) is 5.28. The molecule has 2 heterocycles. The molecule has 0 aromatic heterocycles. The average molecular weight is 426 g/mol. The summed E-state index contributed by atoms with van der Waals surface area (Å²) in [5.41, 5.74) is 6.59. The fraction of sp³-hybridized carbons (Fsp3) is 0.650. The molecule has 0 bridgehead atoms. The summed E-state index contributed by atoms with van der Waals surface area (Å²) in [5.74, 6) is -0.175. The maximum Gasteiger partial charge on any atom is 0.324 e. The van der Waals surface area contributed by atoms with Gasteiger partial charge < -0.3 is 15.2 Å². The van der Waals surface area contributed by atoms with E-state index in [0.29, 0.717) is 31.7 Å². The molecule has 9 heteroatoms. The standard InChI is InChI=1S/C20H31N3O5S/c1-15-7-8-19(29(25,26)23-11-4-6-17(23)20(24)27-2)18(13-15)28-16-5-3-10-22(14-16)12-9-21/h7-8,13,16-17H,3-6,9-12,14,21H2,1-2H3/t16-,17+/m1/s1. The smallest absolute Gasteiger partial charge is 0.324 e. The highest BCUT2D eigenvalue weighted by Gasteiger charge is 2.41. The zero-order chi connectivity index (χ0) is 21.0. The van der Waals surface area contributed by atoms with Crippen LogP contribution >= 0.6 is 0 Å². The van der Waals surface area contributed by atoms with E-state index < -0.39 is 22.0 Å². The first-order valence-corrected chi connectivity index (χ1v) is 11.6. The van der Waals surface area contributed by atoms with Crippen molar-refractivity contribution < 1.29 is 22.7 Å². The number of methoxy groups -OCH3 is 1. The van der Waals surface area contributed by atoms with E-state index in [4.69, 9.17) is 15.2 Å². The van der Waals surface area contributed by atoms with Gasteiger partial charge in [0.15, 0.2) is 0 Å². The van der Waals surface area contributed by atoms with E-state index in [1.807, 2.05) is 6.92 Å². The number of nitrogens with two attached hydrogens (primary N) is 1. The van der Waals surface area contributed by atoms with Crippen LogP contribution in [0.3, 0.4) is 0 Å². The molecule has 2 atom stereocenters. The van der Waals surface area contributed by atoms with Crippen molar-refractivity contribution in [1.29, 1.82) is 0 Å². The zero-order valence-electron chi connectivity index (χ0n) is 17.2. The maximum absolute atomic E-state index is 13.4. The van der Waals surface area contributed by atoms with Gasteiger partial charge in [-0.2, -0.15) is 4.31 Å². The van der Waals surface area contributed by atoms with Gasteiger partial charge in [-0.1, -0.05) is 6.07 Å². The summed E-state index contributed by atoms with van der Waals surface area (Å²) in [6.07, 6.45) is 2.83. The van der Waals surface area contributed by atoms with Crippen LogP contribution in [0, 0.1) is 6.92 Å². The van der Waals surface area contributed by atoms with Crippen LogP contribution in [0.2, 0.25) is 0 Å². The highest BCUT2D eigenvalue weighted by molar-refractivity contribution is 7.89. The van der Waals surface area contributed by atoms with Crippen LogP contribution in [0.1, 0.15) is 31.2 Å². The molecule has 0 saturated carbocycles. The van der Waals surface area contributed by atoms with Crippen molar-refractivity contribution in [1.82, 2.24) is 9.21 Å². The number of carbonyl (C=O) groups is 1. The normalized spacial score (nSPS) is 23.8. The third-order valence-electron chi connectivity index (χ3n) is 5.56. The average Bonchev–Trinajstić information content (AvgIpc) is 3.19. The van der Waals surface area contributed by atoms with Gasteiger partial charge in [-0.05, 0) is 56.8 Å². The number of benzene rings is 1. The number of hydrogen-bond acceptors (Lipinski definition) is 7. The van der Waals surface area contributed by atoms with Crippen molar-refractivity contribution in [3.05, 3.63) is 23.8 Å². The topological polar surface area (TPSA) is 102 Å². The number of esters is 1. The number of likely N-dealkylation sites (tertiary alicyclic amines) is 1. The van der Waals surface area contributed by atoms with Gasteiger partial charge in [0.25, 0.3) is 0 Å². The third kappa shape index (κ3) is 4.91. The van der Waals surface area contributed by atoms with E-state index >= 15 is 0 Å². The SMILES string of the molecule is COC(=O)[C@@H]1CCCN1S(=O)(=O)c1ccc(C)cc1O[C@@H]1CCCN(CCN)C1. The molecule has 162 valence electrons. The Morgan fingerprint density at radius 2 is 2.00 bits per heavy atom. The molecule has 0 amide bonds. The summed E-state index contributed by atoms with van der Waals surface area (Å²) in [5, 5.41) is 0. The zero-order valence-corrected chi connectivity index (χ0v) is 18.0. The number of rotatable bonds is 7. The lowest BCUT2D eigenvalue weighted by Gasteiger charge is -2.33. The second kappa shape index (κ2) is 9.42. The van der Waals surface area contributed by atoms with Gasteiger partial charge in [0.1, 0.15) is 22.8 Å². The minimum absolute atomic E-state index is 0.0963. The Kier molecular flexibility index (Phi) is 7.15. The lowest BCUT2D eigenvalue weighted by Crippen LogP contribution is -2.43. The molecule has 1 aromatic carbocycles. The summed E-state index contributed by atoms with van der Waals surface area (Å²) in [6, 6.07) is 4.31. The predicted molar refractivity (Wildman–Crippen MR) is 109 cm³/mol. The third-order valence-corrected chi connectivity index (χ3v) is 7.51. The minimum Gasteiger partial charge on any atom is -0.488 e. The number of carbonyl (C=O) groups excluding carboxylic acids is 1. The van der Waals surface area contributed by atoms with Crippen molar-refractivity contribution in [3.8, 4) is 5.75 Å². The molecule has 0 radical (unpaired) electrons. The number of sulfonamides is 1. The van der Waals surface area contributed by atoms with E-state index in [2.05, 4.69) is 4.90 Å². The molecule has 1 aromatic rings. The van der Waals surface area contributed by atoms with Crippen LogP contribution in [0.5, 0.6) is 5.75 Å². The number of hydrogen-bond donors (Lipinski definition) is 1. The predicted octanol–water partition coefficient (Wildman–Crippen LogP) is 1.12. The van der Waals surface area contributed by atoms with Gasteiger partial charge in [0.2, 0.25) is 10.0 Å². The van der Waals surface area contributed by atoms with Crippen LogP contribution in [-0.2, 0) is 19.6 Å². The highest BCUT2D eigenvalue weighted by atomic mass is 32.2. The van der Waals surface area contributed by atoms with Gasteiger partial charge in [0.05, 0.1) is 7.11 Å². The Labute approximate surface area is 173 Å². The lowest BCUT2D eigenvalue weighted by atomic mass is 10.1. The fourth-order valence-corrected chi connectivity index (χ4v) is 5.87. The Balaban J connectivity index is 1.87. The fourth-order valence-electron chi connectivity index (χ4n) is 4.12. The monoisotopic (exact) mass is 425 g/mol. The van der Waals surface area contributed by atoms with Gasteiger partial charge in [-0.25, -0.2) is 8.42 Å². The van der Waals surface area contributed by atoms with E-state index in [1.54, 1.807) is 18.2 Å². The second-order valence-corrected chi connectivity index (χ2v) is 9.58. The first-order valence-electron chi connectivity index (χ1n) is 10.2. The summed E-state index contributed by atoms with van der Waals surface area (Å²) >= 11 is 0. The number of piperidine rings is 1. The Morgan fingerprint density at radius 1 is 1.24 bits per heavy atom. The maximum atomic E-state index is 13.4. The largest absolute Gasteiger partial charge is 0.488 e. The van der Waals surface area contributed by atoms with Crippen molar-refractivity contribution in [2.75, 3.05) is 39.8 Å². The summed E-state index contributed by atoms with van der Waals surface area (Å²) in [7, 11) is -2.61. The summed E-state index contributed by atoms with van der Waals surface area (Å²) < 4.78 is 39.1. The van der Waals surface area contributed by atoms with Crippen LogP contribution in [0.15, 0.2) is 23.1 Å². The van der Waals surface area contributed by atoms with E-state index in [-0.39, 0.29) is 11.0 Å². The molecule has 29 heavy (non-hydrogen) atoms. The number of ether oxygens (including phenoxy) is 2. The van der Waals surface area contributed by atoms with E-state index in [9.17, 15) is 13.2 Å². The molecule has 2 saturated heterocycles. The van der Waals surface area contributed by atoms with E-state index in [1.165, 1.54) is 11.4 Å². The van der Waals surface area contributed by atoms with Gasteiger partial charge in [-0.15, -0.1) is 0 Å². The summed E-state index contributed by atoms with van der Waals surface area (Å²) in [4.78, 5) is 14.4. The highest BCUT2D eigenvalue weighted by Crippen LogP contribution is 2.34. The molecule has 8 nitrogen and oxygen atoms in total. The molecule has 2 N–H and O–H groups in total. The van der Waals surface area contributed by atoms with Gasteiger partial charge in [-0.3, -0.25) is 9.69 Å². The van der Waals surface area contributed by atoms with Crippen LogP contribution in [0.25, 0.3) is 0 Å². The molecular weight excluding hydrogens is 394 g/mol. The Morgan fingerprint density at radius 3 is 2.72 bits per heavy atom. The first-order chi connectivity index (χ1) is 13.9. The molecule has 2 aliphatic rings. The Bertz CT molecular complexity index is 827. The van der Waals surface area contributed by atoms with Crippen molar-refractivity contribution in [2.24, 2.45) is 5.73 Å². The van der Waals surface area contributed by atoms with E-state index in [0.717, 1.165) is 38.0 Å². The first kappa shape index (κ1) is 22.0. The van der Waals surface area contributed by atoms with Gasteiger partial charge >= 0.3 is 5.97 Å². The molecular formula is C20H31N3O5S. The quantitative estimate of drug-likeness (QED) is 0.653. The lowest BCUT2D eigenvalue weighted by molar-refractivity contribution is -0.144. The van der Waals surface area contributed by atoms with Crippen LogP contribution < -0.4 is 10.5 Å². The van der Waals surface area contributed by atoms with Crippen molar-refractivity contribution in [3.63, 3.8) is 0 Å². The minimum atomic E-state index is -3.89.